The fraction of sp³-hybridized carbons (Fsp3) is 0. The molecule has 11 aromatic rings. The summed E-state index contributed by atoms with van der Waals surface area (Å²) < 4.78 is 9.30. The Morgan fingerprint density at radius 2 is 0.981 bits per heavy atom. The Labute approximate surface area is 312 Å². The maximum Gasteiger partial charge on any atom is 0.137 e. The minimum Gasteiger partial charge on any atom is -0.456 e. The highest BCUT2D eigenvalue weighted by molar-refractivity contribution is 6.17. The van der Waals surface area contributed by atoms with E-state index in [1.807, 2.05) is 6.07 Å². The zero-order valence-corrected chi connectivity index (χ0v) is 29.3. The SMILES string of the molecule is c1ccc(-c2cccc(-c3cc(-c4cc(-c5ccccc5)nc5ccccc45)c4c(c3)oc3cc(-n5c6ccccc6c6ccccc65)ccc34)c2)cc1. The average molecular weight is 689 g/mol. The molecule has 0 amide bonds. The minimum absolute atomic E-state index is 0.849. The Balaban J connectivity index is 1.19. The lowest BCUT2D eigenvalue weighted by Crippen LogP contribution is -1.93. The number of fused-ring (bicyclic) bond motifs is 7. The van der Waals surface area contributed by atoms with E-state index in [2.05, 4.69) is 193 Å². The van der Waals surface area contributed by atoms with Gasteiger partial charge >= 0.3 is 0 Å². The van der Waals surface area contributed by atoms with E-state index >= 15 is 0 Å². The van der Waals surface area contributed by atoms with Crippen LogP contribution in [0.3, 0.4) is 0 Å². The molecule has 252 valence electrons. The van der Waals surface area contributed by atoms with E-state index in [1.165, 1.54) is 32.9 Å². The monoisotopic (exact) mass is 688 g/mol. The number of hydrogen-bond acceptors (Lipinski definition) is 2. The predicted octanol–water partition coefficient (Wildman–Crippen LogP) is 13.9. The van der Waals surface area contributed by atoms with Crippen molar-refractivity contribution in [2.45, 2.75) is 0 Å². The zero-order valence-electron chi connectivity index (χ0n) is 29.3. The molecule has 3 heterocycles. The van der Waals surface area contributed by atoms with Crippen molar-refractivity contribution in [2.75, 3.05) is 0 Å². The Kier molecular flexibility index (Phi) is 6.86. The number of pyridine rings is 1. The molecule has 0 bridgehead atoms. The first-order valence-electron chi connectivity index (χ1n) is 18.4. The highest BCUT2D eigenvalue weighted by Gasteiger charge is 2.20. The second kappa shape index (κ2) is 12.2. The van der Waals surface area contributed by atoms with E-state index in [-0.39, 0.29) is 0 Å². The molecular weight excluding hydrogens is 657 g/mol. The Morgan fingerprint density at radius 3 is 1.72 bits per heavy atom. The van der Waals surface area contributed by atoms with Crippen LogP contribution in [0.15, 0.2) is 199 Å². The molecule has 0 spiro atoms. The molecule has 0 saturated carbocycles. The number of rotatable bonds is 5. The summed E-state index contributed by atoms with van der Waals surface area (Å²) in [6, 6.07) is 69.0. The van der Waals surface area contributed by atoms with E-state index in [0.717, 1.165) is 72.0 Å². The second-order valence-corrected chi connectivity index (χ2v) is 13.9. The molecule has 0 radical (unpaired) electrons. The van der Waals surface area contributed by atoms with Crippen molar-refractivity contribution in [1.29, 1.82) is 0 Å². The molecule has 3 aromatic heterocycles. The third-order valence-corrected chi connectivity index (χ3v) is 10.8. The lowest BCUT2D eigenvalue weighted by molar-refractivity contribution is 0.669. The van der Waals surface area contributed by atoms with Gasteiger partial charge in [-0.15, -0.1) is 0 Å². The van der Waals surface area contributed by atoms with Gasteiger partial charge in [0.1, 0.15) is 11.2 Å². The van der Waals surface area contributed by atoms with Crippen molar-refractivity contribution < 1.29 is 4.42 Å². The van der Waals surface area contributed by atoms with E-state index in [0.29, 0.717) is 0 Å². The average Bonchev–Trinajstić information content (AvgIpc) is 3.79. The molecule has 54 heavy (non-hydrogen) atoms. The molecule has 11 rings (SSSR count). The molecule has 0 saturated heterocycles. The highest BCUT2D eigenvalue weighted by Crippen LogP contribution is 2.44. The van der Waals surface area contributed by atoms with Crippen LogP contribution in [0.4, 0.5) is 0 Å². The number of benzene rings is 8. The minimum atomic E-state index is 0.849. The molecule has 3 nitrogen and oxygen atoms in total. The zero-order chi connectivity index (χ0) is 35.6. The van der Waals surface area contributed by atoms with Crippen LogP contribution in [0, 0.1) is 0 Å². The summed E-state index contributed by atoms with van der Waals surface area (Å²) in [5.41, 5.74) is 14.9. The van der Waals surface area contributed by atoms with E-state index < -0.39 is 0 Å². The molecule has 0 N–H and O–H groups in total. The summed E-state index contributed by atoms with van der Waals surface area (Å²) in [5, 5.41) is 5.75. The lowest BCUT2D eigenvalue weighted by atomic mass is 9.91. The van der Waals surface area contributed by atoms with Crippen LogP contribution in [0.5, 0.6) is 0 Å². The van der Waals surface area contributed by atoms with Crippen molar-refractivity contribution in [3.63, 3.8) is 0 Å². The van der Waals surface area contributed by atoms with E-state index in [4.69, 9.17) is 9.40 Å². The quantitative estimate of drug-likeness (QED) is 0.180. The largest absolute Gasteiger partial charge is 0.456 e. The van der Waals surface area contributed by atoms with Crippen LogP contribution in [0.1, 0.15) is 0 Å². The normalized spacial score (nSPS) is 11.7. The van der Waals surface area contributed by atoms with Crippen molar-refractivity contribution in [3.05, 3.63) is 194 Å². The summed E-state index contributed by atoms with van der Waals surface area (Å²) in [7, 11) is 0. The molecule has 3 heteroatoms. The number of aromatic nitrogens is 2. The van der Waals surface area contributed by atoms with Gasteiger partial charge in [0.25, 0.3) is 0 Å². The fourth-order valence-corrected chi connectivity index (χ4v) is 8.28. The Bertz CT molecular complexity index is 3160. The van der Waals surface area contributed by atoms with Gasteiger partial charge in [-0.25, -0.2) is 4.98 Å². The predicted molar refractivity (Wildman–Crippen MR) is 225 cm³/mol. The summed E-state index contributed by atoms with van der Waals surface area (Å²) >= 11 is 0. The first-order valence-corrected chi connectivity index (χ1v) is 18.4. The molecule has 0 atom stereocenters. The highest BCUT2D eigenvalue weighted by atomic mass is 16.3. The van der Waals surface area contributed by atoms with E-state index in [9.17, 15) is 0 Å². The van der Waals surface area contributed by atoms with Crippen LogP contribution in [0.25, 0.3) is 105 Å². The van der Waals surface area contributed by atoms with Gasteiger partial charge < -0.3 is 8.98 Å². The van der Waals surface area contributed by atoms with Gasteiger partial charge in [-0.2, -0.15) is 0 Å². The summed E-state index contributed by atoms with van der Waals surface area (Å²) in [6.07, 6.45) is 0. The van der Waals surface area contributed by atoms with Crippen LogP contribution in [-0.2, 0) is 0 Å². The third-order valence-electron chi connectivity index (χ3n) is 10.8. The number of hydrogen-bond donors (Lipinski definition) is 0. The summed E-state index contributed by atoms with van der Waals surface area (Å²) in [5.74, 6) is 0. The molecule has 0 fully saturated rings. The van der Waals surface area contributed by atoms with Crippen LogP contribution >= 0.6 is 0 Å². The van der Waals surface area contributed by atoms with Gasteiger partial charge in [0.05, 0.1) is 22.2 Å². The van der Waals surface area contributed by atoms with Gasteiger partial charge in [0.15, 0.2) is 0 Å². The van der Waals surface area contributed by atoms with Gasteiger partial charge in [-0.1, -0.05) is 133 Å². The van der Waals surface area contributed by atoms with Gasteiger partial charge in [-0.3, -0.25) is 0 Å². The van der Waals surface area contributed by atoms with Gasteiger partial charge in [0.2, 0.25) is 0 Å². The summed E-state index contributed by atoms with van der Waals surface area (Å²) in [6.45, 7) is 0. The van der Waals surface area contributed by atoms with Crippen molar-refractivity contribution in [1.82, 2.24) is 9.55 Å². The maximum atomic E-state index is 6.95. The molecule has 0 aliphatic carbocycles. The Hall–Kier alpha value is -7.23. The molecular formula is C51H32N2O. The van der Waals surface area contributed by atoms with Crippen molar-refractivity contribution in [2.24, 2.45) is 0 Å². The Morgan fingerprint density at radius 1 is 0.370 bits per heavy atom. The van der Waals surface area contributed by atoms with Crippen LogP contribution in [0.2, 0.25) is 0 Å². The van der Waals surface area contributed by atoms with Gasteiger partial charge in [0, 0.05) is 44.2 Å². The smallest absolute Gasteiger partial charge is 0.137 e. The summed E-state index contributed by atoms with van der Waals surface area (Å²) in [4.78, 5) is 5.15. The van der Waals surface area contributed by atoms with Crippen molar-refractivity contribution >= 4 is 54.6 Å². The van der Waals surface area contributed by atoms with Crippen molar-refractivity contribution in [3.8, 4) is 50.3 Å². The topological polar surface area (TPSA) is 31.0 Å². The molecule has 0 unspecified atom stereocenters. The molecule has 8 aromatic carbocycles. The fourth-order valence-electron chi connectivity index (χ4n) is 8.28. The first kappa shape index (κ1) is 30.4. The van der Waals surface area contributed by atoms with E-state index in [1.54, 1.807) is 0 Å². The second-order valence-electron chi connectivity index (χ2n) is 13.9. The maximum absolute atomic E-state index is 6.95. The molecule has 0 aliphatic heterocycles. The third kappa shape index (κ3) is 4.87. The number of nitrogens with zero attached hydrogens (tertiary/aromatic N) is 2. The number of para-hydroxylation sites is 3. The lowest BCUT2D eigenvalue weighted by Gasteiger charge is -2.14. The standard InChI is InChI=1S/C51H32N2O/c1-3-14-33(15-4-1)35-18-13-19-36(28-35)37-29-44(43-32-46(34-16-5-2-6-17-34)52-45-23-10-7-20-39(43)45)51-42-27-26-38(31-49(42)54-50(51)30-37)53-47-24-11-8-21-40(47)41-22-9-12-25-48(41)53/h1-32H. The van der Waals surface area contributed by atoms with Crippen LogP contribution < -0.4 is 0 Å². The molecule has 0 aliphatic rings. The van der Waals surface area contributed by atoms with Gasteiger partial charge in [-0.05, 0) is 88.0 Å². The van der Waals surface area contributed by atoms with Crippen LogP contribution in [-0.4, -0.2) is 9.55 Å². The first-order chi connectivity index (χ1) is 26.8. The number of furan rings is 1.